The van der Waals surface area contributed by atoms with Gasteiger partial charge in [0.25, 0.3) is 11.9 Å². The summed E-state index contributed by atoms with van der Waals surface area (Å²) in [4.78, 5) is 21.0. The van der Waals surface area contributed by atoms with Crippen LogP contribution < -0.4 is 0 Å². The summed E-state index contributed by atoms with van der Waals surface area (Å²) < 4.78 is 0. The smallest absolute Gasteiger partial charge is 0.338 e. The Morgan fingerprint density at radius 2 is 1.94 bits per heavy atom. The Hall–Kier alpha value is -2.58. The molecule has 0 amide bonds. The van der Waals surface area contributed by atoms with E-state index < -0.39 is 38.8 Å². The molecule has 0 bridgehead atoms. The number of nitrogens with zero attached hydrogens (tertiary/aromatic N) is 4. The molecule has 0 aromatic heterocycles. The molecular formula is C6H4N4O6. The normalized spacial score (nSPS) is 20.2. The molecule has 10 heteroatoms. The maximum atomic E-state index is 10.4. The number of rotatable bonds is 2. The van der Waals surface area contributed by atoms with Crippen LogP contribution >= 0.6 is 0 Å². The number of aliphatic hydroxyl groups excluding tert-OH is 2. The Morgan fingerprint density at radius 1 is 1.38 bits per heavy atom. The van der Waals surface area contributed by atoms with Gasteiger partial charge in [0.2, 0.25) is 0 Å². The van der Waals surface area contributed by atoms with E-state index in [4.69, 9.17) is 5.53 Å². The zero-order valence-electron chi connectivity index (χ0n) is 7.47. The van der Waals surface area contributed by atoms with Crippen LogP contribution in [0.1, 0.15) is 0 Å². The highest BCUT2D eigenvalue weighted by Crippen LogP contribution is 2.22. The maximum Gasteiger partial charge on any atom is 0.338 e. The SMILES string of the molecule is [N-]=[N+]=C1C=C([N+](=O)[O-])C(O)=C([N+](=O)[O-])[C@@H]1O. The first-order chi connectivity index (χ1) is 7.40. The van der Waals surface area contributed by atoms with E-state index in [9.17, 15) is 30.4 Å². The van der Waals surface area contributed by atoms with Crippen LogP contribution in [0, 0.1) is 20.2 Å². The third kappa shape index (κ3) is 1.65. The van der Waals surface area contributed by atoms with Gasteiger partial charge in [0, 0.05) is 0 Å². The topological polar surface area (TPSA) is 163 Å². The quantitative estimate of drug-likeness (QED) is 0.273. The van der Waals surface area contributed by atoms with Gasteiger partial charge in [-0.15, -0.1) is 0 Å². The van der Waals surface area contributed by atoms with E-state index in [2.05, 4.69) is 4.79 Å². The molecule has 0 fully saturated rings. The van der Waals surface area contributed by atoms with Crippen molar-refractivity contribution in [3.8, 4) is 0 Å². The molecule has 1 aliphatic carbocycles. The monoisotopic (exact) mass is 228 g/mol. The van der Waals surface area contributed by atoms with Crippen LogP contribution in [0.25, 0.3) is 5.53 Å². The summed E-state index contributed by atoms with van der Waals surface area (Å²) in [5.41, 5.74) is 5.45. The summed E-state index contributed by atoms with van der Waals surface area (Å²) in [5, 5.41) is 39.3. The standard InChI is InChI=1S/C6H4N4O6/c7-8-2-1-3(9(13)14)6(12)4(5(2)11)10(15)16/h1,5,11-12H/t5-/m1/s1. The molecule has 0 heterocycles. The Labute approximate surface area is 86.7 Å². The largest absolute Gasteiger partial charge is 0.497 e. The molecule has 0 radical (unpaired) electrons. The molecule has 0 spiro atoms. The molecule has 0 saturated carbocycles. The lowest BCUT2D eigenvalue weighted by Gasteiger charge is -2.07. The van der Waals surface area contributed by atoms with Crippen molar-refractivity contribution in [3.05, 3.63) is 49.0 Å². The molecule has 1 atom stereocenters. The van der Waals surface area contributed by atoms with Gasteiger partial charge >= 0.3 is 17.1 Å². The Balaban J connectivity index is 3.49. The second kappa shape index (κ2) is 3.88. The highest BCUT2D eigenvalue weighted by molar-refractivity contribution is 5.98. The van der Waals surface area contributed by atoms with Crippen molar-refractivity contribution in [1.82, 2.24) is 0 Å². The first-order valence-corrected chi connectivity index (χ1v) is 3.74. The van der Waals surface area contributed by atoms with Crippen molar-refractivity contribution in [2.45, 2.75) is 6.10 Å². The van der Waals surface area contributed by atoms with E-state index in [1.807, 2.05) is 0 Å². The first-order valence-electron chi connectivity index (χ1n) is 3.74. The molecule has 0 aromatic carbocycles. The highest BCUT2D eigenvalue weighted by atomic mass is 16.6. The van der Waals surface area contributed by atoms with Gasteiger partial charge < -0.3 is 15.7 Å². The van der Waals surface area contributed by atoms with Crippen molar-refractivity contribution in [2.75, 3.05) is 0 Å². The lowest BCUT2D eigenvalue weighted by atomic mass is 10.0. The van der Waals surface area contributed by atoms with E-state index in [0.717, 1.165) is 0 Å². The average Bonchev–Trinajstić information content (AvgIpc) is 2.16. The van der Waals surface area contributed by atoms with Gasteiger partial charge in [0.15, 0.2) is 0 Å². The summed E-state index contributed by atoms with van der Waals surface area (Å²) >= 11 is 0. The van der Waals surface area contributed by atoms with Crippen LogP contribution in [-0.4, -0.2) is 36.7 Å². The summed E-state index contributed by atoms with van der Waals surface area (Å²) in [6.07, 6.45) is -1.49. The molecule has 0 aliphatic heterocycles. The molecule has 1 aliphatic rings. The minimum atomic E-state index is -2.02. The summed E-state index contributed by atoms with van der Waals surface area (Å²) in [6.45, 7) is 0. The third-order valence-corrected chi connectivity index (χ3v) is 1.82. The summed E-state index contributed by atoms with van der Waals surface area (Å²) in [7, 11) is 0. The van der Waals surface area contributed by atoms with Gasteiger partial charge in [-0.25, -0.2) is 0 Å². The zero-order chi connectivity index (χ0) is 12.5. The fourth-order valence-corrected chi connectivity index (χ4v) is 1.10. The Morgan fingerprint density at radius 3 is 2.31 bits per heavy atom. The van der Waals surface area contributed by atoms with Crippen LogP contribution in [0.5, 0.6) is 0 Å². The fraction of sp³-hybridized carbons (Fsp3) is 0.167. The molecule has 2 N–H and O–H groups in total. The zero-order valence-corrected chi connectivity index (χ0v) is 7.47. The van der Waals surface area contributed by atoms with Crippen molar-refractivity contribution >= 4 is 5.71 Å². The van der Waals surface area contributed by atoms with Crippen molar-refractivity contribution in [2.24, 2.45) is 0 Å². The lowest BCUT2D eigenvalue weighted by molar-refractivity contribution is -0.448. The van der Waals surface area contributed by atoms with Crippen LogP contribution in [-0.2, 0) is 0 Å². The fourth-order valence-electron chi connectivity index (χ4n) is 1.10. The third-order valence-electron chi connectivity index (χ3n) is 1.82. The molecule has 84 valence electrons. The number of aliphatic hydroxyl groups is 2. The van der Waals surface area contributed by atoms with Crippen LogP contribution in [0.15, 0.2) is 23.2 Å². The Kier molecular flexibility index (Phi) is 2.79. The van der Waals surface area contributed by atoms with Gasteiger partial charge in [-0.1, -0.05) is 0 Å². The predicted octanol–water partition coefficient (Wildman–Crippen LogP) is -0.761. The average molecular weight is 228 g/mol. The van der Waals surface area contributed by atoms with Gasteiger partial charge in [-0.3, -0.25) is 20.2 Å². The lowest BCUT2D eigenvalue weighted by Crippen LogP contribution is -2.32. The van der Waals surface area contributed by atoms with E-state index in [-0.39, 0.29) is 0 Å². The molecular weight excluding hydrogens is 224 g/mol. The molecule has 0 saturated heterocycles. The predicted molar refractivity (Wildman–Crippen MR) is 46.4 cm³/mol. The molecule has 16 heavy (non-hydrogen) atoms. The Bertz CT molecular complexity index is 485. The highest BCUT2D eigenvalue weighted by Gasteiger charge is 2.46. The van der Waals surface area contributed by atoms with Gasteiger partial charge in [-0.05, 0) is 0 Å². The van der Waals surface area contributed by atoms with E-state index in [0.29, 0.717) is 6.08 Å². The summed E-state index contributed by atoms with van der Waals surface area (Å²) in [5.74, 6) is -1.27. The second-order valence-corrected chi connectivity index (χ2v) is 2.71. The van der Waals surface area contributed by atoms with Crippen LogP contribution in [0.4, 0.5) is 0 Å². The van der Waals surface area contributed by atoms with E-state index in [1.165, 1.54) is 0 Å². The maximum absolute atomic E-state index is 10.4. The molecule has 1 rings (SSSR count). The van der Waals surface area contributed by atoms with Crippen LogP contribution in [0.3, 0.4) is 0 Å². The van der Waals surface area contributed by atoms with Gasteiger partial charge in [0.05, 0.1) is 9.85 Å². The van der Waals surface area contributed by atoms with E-state index in [1.54, 1.807) is 0 Å². The van der Waals surface area contributed by atoms with E-state index >= 15 is 0 Å². The minimum absolute atomic E-state index is 0.535. The number of nitro groups is 2. The number of hydrogen-bond donors (Lipinski definition) is 2. The van der Waals surface area contributed by atoms with Crippen molar-refractivity contribution < 1.29 is 24.8 Å². The first kappa shape index (κ1) is 11.5. The molecule has 10 nitrogen and oxygen atoms in total. The number of hydrogen-bond acceptors (Lipinski definition) is 6. The van der Waals surface area contributed by atoms with Crippen LogP contribution in [0.2, 0.25) is 0 Å². The second-order valence-electron chi connectivity index (χ2n) is 2.71. The molecule has 0 aromatic rings. The van der Waals surface area contributed by atoms with Crippen molar-refractivity contribution in [3.63, 3.8) is 0 Å². The van der Waals surface area contributed by atoms with Gasteiger partial charge in [-0.2, -0.15) is 4.79 Å². The summed E-state index contributed by atoms with van der Waals surface area (Å²) in [6, 6.07) is 0. The van der Waals surface area contributed by atoms with Gasteiger partial charge in [0.1, 0.15) is 6.08 Å². The molecule has 0 unspecified atom stereocenters. The minimum Gasteiger partial charge on any atom is -0.497 e. The van der Waals surface area contributed by atoms with Crippen molar-refractivity contribution in [1.29, 1.82) is 0 Å².